The summed E-state index contributed by atoms with van der Waals surface area (Å²) in [5.41, 5.74) is 1.11. The number of hydrogen-bond donors (Lipinski definition) is 4. The van der Waals surface area contributed by atoms with Crippen LogP contribution in [0.1, 0.15) is 38.3 Å². The van der Waals surface area contributed by atoms with Crippen molar-refractivity contribution in [1.29, 1.82) is 0 Å². The number of aromatic nitrogens is 2. The van der Waals surface area contributed by atoms with Gasteiger partial charge in [-0.3, -0.25) is 19.0 Å². The van der Waals surface area contributed by atoms with Gasteiger partial charge in [0, 0.05) is 25.5 Å². The van der Waals surface area contributed by atoms with Crippen molar-refractivity contribution in [3.05, 3.63) is 22.7 Å². The van der Waals surface area contributed by atoms with Gasteiger partial charge < -0.3 is 29.8 Å². The summed E-state index contributed by atoms with van der Waals surface area (Å²) in [5, 5.41) is 21.2. The predicted octanol–water partition coefficient (Wildman–Crippen LogP) is -1.87. The third-order valence-corrected chi connectivity index (χ3v) is 4.41. The lowest BCUT2D eigenvalue weighted by molar-refractivity contribution is -0.159. The fraction of sp³-hybridized carbons (Fsp3) is 0.556. The maximum absolute atomic E-state index is 12.2. The molecule has 1 saturated heterocycles. The summed E-state index contributed by atoms with van der Waals surface area (Å²) in [6, 6.07) is 1.33. The van der Waals surface area contributed by atoms with Crippen LogP contribution in [0.25, 0.3) is 0 Å². The third-order valence-electron chi connectivity index (χ3n) is 4.41. The number of carbonyl (C=O) groups excluding carboxylic acids is 4. The SMILES string of the molecule is COC(=O)CCC(=O)NOC(=O)CCC(=O)Nc1ccn([C@H]2CC(O)[C@@H](CO)O2)c(=O)n1. The molecule has 2 heterocycles. The van der Waals surface area contributed by atoms with Crippen LogP contribution < -0.4 is 16.5 Å². The highest BCUT2D eigenvalue weighted by Crippen LogP contribution is 2.27. The number of aliphatic hydroxyl groups excluding tert-OH is 2. The van der Waals surface area contributed by atoms with E-state index < -0.39 is 54.5 Å². The minimum atomic E-state index is -0.923. The standard InChI is InChI=1S/C18H24N4O10/c1-30-16(27)4-3-14(26)21-32-17(28)5-2-13(25)19-12-6-7-22(18(29)20-12)15-8-10(24)11(9-23)31-15/h6-7,10-11,15,23-24H,2-5,8-9H2,1H3,(H,21,26)(H,19,20,25,29)/t10?,11-,15-/m1/s1. The van der Waals surface area contributed by atoms with Crippen molar-refractivity contribution < 1.29 is 43.7 Å². The number of rotatable bonds is 9. The van der Waals surface area contributed by atoms with E-state index in [9.17, 15) is 29.1 Å². The van der Waals surface area contributed by atoms with Gasteiger partial charge in [0.25, 0.3) is 5.91 Å². The summed E-state index contributed by atoms with van der Waals surface area (Å²) < 4.78 is 10.9. The largest absolute Gasteiger partial charge is 0.469 e. The first-order chi connectivity index (χ1) is 15.2. The molecule has 1 fully saturated rings. The van der Waals surface area contributed by atoms with Gasteiger partial charge in [-0.25, -0.2) is 9.59 Å². The molecule has 1 unspecified atom stereocenters. The van der Waals surface area contributed by atoms with Crippen molar-refractivity contribution in [2.75, 3.05) is 19.0 Å². The fourth-order valence-corrected chi connectivity index (χ4v) is 2.71. The second kappa shape index (κ2) is 11.9. The smallest absolute Gasteiger partial charge is 0.351 e. The number of carbonyl (C=O) groups is 4. The van der Waals surface area contributed by atoms with Crippen LogP contribution in [-0.2, 0) is 33.5 Å². The lowest BCUT2D eigenvalue weighted by atomic mass is 10.2. The van der Waals surface area contributed by atoms with Crippen LogP contribution in [0.3, 0.4) is 0 Å². The van der Waals surface area contributed by atoms with E-state index in [0.29, 0.717) is 0 Å². The van der Waals surface area contributed by atoms with Gasteiger partial charge in [-0.1, -0.05) is 0 Å². The number of amides is 2. The molecule has 176 valence electrons. The first-order valence-electron chi connectivity index (χ1n) is 9.62. The molecule has 1 aromatic rings. The molecule has 2 amide bonds. The summed E-state index contributed by atoms with van der Waals surface area (Å²) >= 11 is 0. The fourth-order valence-electron chi connectivity index (χ4n) is 2.71. The summed E-state index contributed by atoms with van der Waals surface area (Å²) in [6.45, 7) is -0.395. The van der Waals surface area contributed by atoms with Gasteiger partial charge in [0.1, 0.15) is 18.1 Å². The normalized spacial score (nSPS) is 19.8. The molecular formula is C18H24N4O10. The van der Waals surface area contributed by atoms with Crippen molar-refractivity contribution in [2.45, 2.75) is 50.5 Å². The molecule has 0 spiro atoms. The van der Waals surface area contributed by atoms with Crippen LogP contribution in [0.5, 0.6) is 0 Å². The average Bonchev–Trinajstić information content (AvgIpc) is 3.14. The Kier molecular flexibility index (Phi) is 9.24. The lowest BCUT2D eigenvalue weighted by Gasteiger charge is -2.14. The van der Waals surface area contributed by atoms with E-state index in [-0.39, 0.29) is 37.9 Å². The van der Waals surface area contributed by atoms with E-state index in [1.54, 1.807) is 0 Å². The Morgan fingerprint density at radius 2 is 1.88 bits per heavy atom. The van der Waals surface area contributed by atoms with E-state index in [1.165, 1.54) is 19.4 Å². The number of hydrogen-bond acceptors (Lipinski definition) is 11. The van der Waals surface area contributed by atoms with E-state index in [2.05, 4.69) is 19.9 Å². The number of hydroxylamine groups is 1. The topological polar surface area (TPSA) is 195 Å². The van der Waals surface area contributed by atoms with Crippen molar-refractivity contribution >= 4 is 29.6 Å². The lowest BCUT2D eigenvalue weighted by Crippen LogP contribution is -2.29. The summed E-state index contributed by atoms with van der Waals surface area (Å²) in [5.74, 6) is -2.87. The minimum absolute atomic E-state index is 0.0574. The molecule has 0 bridgehead atoms. The Morgan fingerprint density at radius 1 is 1.19 bits per heavy atom. The number of aliphatic hydroxyl groups is 2. The highest BCUT2D eigenvalue weighted by Gasteiger charge is 2.34. The van der Waals surface area contributed by atoms with E-state index >= 15 is 0 Å². The van der Waals surface area contributed by atoms with Gasteiger partial charge in [0.05, 0.1) is 32.7 Å². The van der Waals surface area contributed by atoms with Crippen molar-refractivity contribution in [2.24, 2.45) is 0 Å². The maximum Gasteiger partial charge on any atom is 0.351 e. The van der Waals surface area contributed by atoms with Crippen LogP contribution in [0, 0.1) is 0 Å². The number of nitrogens with one attached hydrogen (secondary N) is 2. The van der Waals surface area contributed by atoms with Crippen LogP contribution >= 0.6 is 0 Å². The number of esters is 1. The van der Waals surface area contributed by atoms with Crippen LogP contribution in [-0.4, -0.2) is 69.4 Å². The Morgan fingerprint density at radius 3 is 2.50 bits per heavy atom. The monoisotopic (exact) mass is 456 g/mol. The van der Waals surface area contributed by atoms with Gasteiger partial charge in [0.2, 0.25) is 5.91 Å². The first-order valence-corrected chi connectivity index (χ1v) is 9.62. The van der Waals surface area contributed by atoms with Crippen LogP contribution in [0.2, 0.25) is 0 Å². The highest BCUT2D eigenvalue weighted by atomic mass is 16.7. The van der Waals surface area contributed by atoms with Crippen LogP contribution in [0.15, 0.2) is 17.1 Å². The zero-order valence-corrected chi connectivity index (χ0v) is 17.2. The number of ether oxygens (including phenoxy) is 2. The zero-order valence-electron chi connectivity index (χ0n) is 17.2. The molecular weight excluding hydrogens is 432 g/mol. The van der Waals surface area contributed by atoms with Crippen LogP contribution in [0.4, 0.5) is 5.82 Å². The average molecular weight is 456 g/mol. The summed E-state index contributed by atoms with van der Waals surface area (Å²) in [7, 11) is 1.18. The maximum atomic E-state index is 12.2. The minimum Gasteiger partial charge on any atom is -0.469 e. The molecule has 14 heteroatoms. The number of anilines is 1. The van der Waals surface area contributed by atoms with E-state index in [4.69, 9.17) is 9.84 Å². The highest BCUT2D eigenvalue weighted by molar-refractivity contribution is 5.91. The Balaban J connectivity index is 1.75. The molecule has 0 aliphatic carbocycles. The van der Waals surface area contributed by atoms with Gasteiger partial charge in [-0.05, 0) is 6.07 Å². The molecule has 1 aliphatic rings. The Labute approximate surface area is 181 Å². The predicted molar refractivity (Wildman–Crippen MR) is 103 cm³/mol. The number of methoxy groups -OCH3 is 1. The van der Waals surface area contributed by atoms with E-state index in [0.717, 1.165) is 4.57 Å². The van der Waals surface area contributed by atoms with E-state index in [1.807, 2.05) is 5.48 Å². The molecule has 4 N–H and O–H groups in total. The summed E-state index contributed by atoms with van der Waals surface area (Å²) in [6.07, 6.45) is -2.19. The first kappa shape index (κ1) is 24.9. The second-order valence-electron chi connectivity index (χ2n) is 6.74. The molecule has 0 saturated carbocycles. The van der Waals surface area contributed by atoms with Crippen molar-refractivity contribution in [3.63, 3.8) is 0 Å². The summed E-state index contributed by atoms with van der Waals surface area (Å²) in [4.78, 5) is 66.2. The molecule has 1 aromatic heterocycles. The third kappa shape index (κ3) is 7.40. The molecule has 0 radical (unpaired) electrons. The quantitative estimate of drug-likeness (QED) is 0.240. The molecule has 14 nitrogen and oxygen atoms in total. The van der Waals surface area contributed by atoms with Gasteiger partial charge in [-0.15, -0.1) is 0 Å². The molecule has 3 atom stereocenters. The molecule has 0 aromatic carbocycles. The number of nitrogens with zero attached hydrogens (tertiary/aromatic N) is 2. The zero-order chi connectivity index (χ0) is 23.7. The molecule has 1 aliphatic heterocycles. The Bertz CT molecular complexity index is 902. The van der Waals surface area contributed by atoms with Gasteiger partial charge in [0.15, 0.2) is 0 Å². The molecule has 2 rings (SSSR count). The van der Waals surface area contributed by atoms with Crippen molar-refractivity contribution in [1.82, 2.24) is 15.0 Å². The van der Waals surface area contributed by atoms with Gasteiger partial charge in [-0.2, -0.15) is 10.5 Å². The van der Waals surface area contributed by atoms with Crippen molar-refractivity contribution in [3.8, 4) is 0 Å². The Hall–Kier alpha value is -3.36. The van der Waals surface area contributed by atoms with Gasteiger partial charge >= 0.3 is 17.6 Å². The molecule has 32 heavy (non-hydrogen) atoms. The second-order valence-corrected chi connectivity index (χ2v) is 6.74.